The molecule has 0 spiro atoms. The fourth-order valence-corrected chi connectivity index (χ4v) is 1.78. The van der Waals surface area contributed by atoms with Crippen LogP contribution in [0.3, 0.4) is 0 Å². The Balaban J connectivity index is 2.19. The third-order valence-electron chi connectivity index (χ3n) is 2.07. The lowest BCUT2D eigenvalue weighted by molar-refractivity contribution is 0.592. The smallest absolute Gasteiger partial charge is 0.210 e. The Morgan fingerprint density at radius 2 is 1.81 bits per heavy atom. The average molecular weight is 263 g/mol. The van der Waals surface area contributed by atoms with E-state index in [0.717, 1.165) is 18.5 Å². The first kappa shape index (κ1) is 13.4. The topological polar surface area (TPSA) is 72.2 Å². The third kappa shape index (κ3) is 6.07. The van der Waals surface area contributed by atoms with Gasteiger partial charge in [-0.25, -0.2) is 13.6 Å². The lowest BCUT2D eigenvalue weighted by Gasteiger charge is -2.04. The molecule has 3 N–H and O–H groups in total. The summed E-state index contributed by atoms with van der Waals surface area (Å²) >= 11 is 5.75. The molecule has 0 saturated heterocycles. The van der Waals surface area contributed by atoms with E-state index in [4.69, 9.17) is 16.7 Å². The van der Waals surface area contributed by atoms with Gasteiger partial charge in [-0.2, -0.15) is 0 Å². The van der Waals surface area contributed by atoms with E-state index in [1.54, 1.807) is 0 Å². The fourth-order valence-electron chi connectivity index (χ4n) is 1.22. The molecule has 0 amide bonds. The zero-order valence-electron chi connectivity index (χ0n) is 8.82. The van der Waals surface area contributed by atoms with Gasteiger partial charge in [0.05, 0.1) is 5.75 Å². The molecule has 0 fully saturated rings. The first-order valence-electron chi connectivity index (χ1n) is 4.93. The van der Waals surface area contributed by atoms with Gasteiger partial charge in [0, 0.05) is 11.6 Å². The molecule has 1 aromatic rings. The second-order valence-corrected chi connectivity index (χ2v) is 5.66. The zero-order chi connectivity index (χ0) is 12.0. The third-order valence-corrected chi connectivity index (χ3v) is 3.09. The van der Waals surface area contributed by atoms with Crippen molar-refractivity contribution in [3.05, 3.63) is 34.9 Å². The van der Waals surface area contributed by atoms with Crippen LogP contribution in [0.5, 0.6) is 0 Å². The van der Waals surface area contributed by atoms with Crippen LogP contribution in [-0.2, 0) is 16.4 Å². The van der Waals surface area contributed by atoms with E-state index in [2.05, 4.69) is 5.32 Å². The van der Waals surface area contributed by atoms with Crippen LogP contribution in [0.1, 0.15) is 5.56 Å². The summed E-state index contributed by atoms with van der Waals surface area (Å²) in [6.07, 6.45) is 0.835. The second kappa shape index (κ2) is 6.20. The van der Waals surface area contributed by atoms with Gasteiger partial charge in [0.15, 0.2) is 0 Å². The van der Waals surface area contributed by atoms with Crippen LogP contribution in [0.25, 0.3) is 0 Å². The molecule has 0 atom stereocenters. The molecule has 0 aliphatic rings. The zero-order valence-corrected chi connectivity index (χ0v) is 10.4. The number of hydrogen-bond donors (Lipinski definition) is 2. The molecule has 0 aliphatic carbocycles. The molecule has 0 radical (unpaired) electrons. The number of rotatable bonds is 6. The lowest BCUT2D eigenvalue weighted by atomic mass is 10.1. The van der Waals surface area contributed by atoms with Crippen molar-refractivity contribution >= 4 is 21.6 Å². The summed E-state index contributed by atoms with van der Waals surface area (Å²) in [4.78, 5) is 0. The van der Waals surface area contributed by atoms with Crippen molar-refractivity contribution in [3.63, 3.8) is 0 Å². The molecule has 0 heterocycles. The molecule has 1 aromatic carbocycles. The summed E-state index contributed by atoms with van der Waals surface area (Å²) in [5.74, 6) is -0.0341. The van der Waals surface area contributed by atoms with Crippen molar-refractivity contribution in [3.8, 4) is 0 Å². The molecule has 1 rings (SSSR count). The van der Waals surface area contributed by atoms with Gasteiger partial charge in [-0.1, -0.05) is 23.7 Å². The van der Waals surface area contributed by atoms with Crippen molar-refractivity contribution in [2.75, 3.05) is 18.8 Å². The minimum atomic E-state index is -3.35. The van der Waals surface area contributed by atoms with Gasteiger partial charge in [-0.3, -0.25) is 0 Å². The summed E-state index contributed by atoms with van der Waals surface area (Å²) in [5.41, 5.74) is 1.16. The van der Waals surface area contributed by atoms with Crippen LogP contribution >= 0.6 is 11.6 Å². The maximum atomic E-state index is 10.6. The van der Waals surface area contributed by atoms with Gasteiger partial charge in [0.1, 0.15) is 0 Å². The standard InChI is InChI=1S/C10H15ClN2O2S/c11-10-3-1-9(2-4-10)5-6-13-7-8-16(12,14)15/h1-4,13H,5-8H2,(H2,12,14,15). The van der Waals surface area contributed by atoms with Crippen LogP contribution in [0, 0.1) is 0 Å². The monoisotopic (exact) mass is 262 g/mol. The minimum absolute atomic E-state index is 0.0341. The average Bonchev–Trinajstić information content (AvgIpc) is 2.19. The molecule has 16 heavy (non-hydrogen) atoms. The number of hydrogen-bond acceptors (Lipinski definition) is 3. The summed E-state index contributed by atoms with van der Waals surface area (Å²) in [5, 5.41) is 8.59. The van der Waals surface area contributed by atoms with E-state index < -0.39 is 10.0 Å². The highest BCUT2D eigenvalue weighted by Crippen LogP contribution is 2.09. The normalized spacial score (nSPS) is 11.6. The molecule has 0 bridgehead atoms. The van der Waals surface area contributed by atoms with E-state index in [-0.39, 0.29) is 5.75 Å². The van der Waals surface area contributed by atoms with E-state index in [0.29, 0.717) is 11.6 Å². The Morgan fingerprint density at radius 3 is 2.38 bits per heavy atom. The van der Waals surface area contributed by atoms with Crippen LogP contribution in [-0.4, -0.2) is 27.3 Å². The summed E-state index contributed by atoms with van der Waals surface area (Å²) in [6, 6.07) is 7.57. The first-order chi connectivity index (χ1) is 7.47. The molecule has 0 unspecified atom stereocenters. The molecule has 6 heteroatoms. The molecule has 4 nitrogen and oxygen atoms in total. The highest BCUT2D eigenvalue weighted by atomic mass is 35.5. The summed E-state index contributed by atoms with van der Waals surface area (Å²) in [6.45, 7) is 1.10. The molecule has 0 saturated carbocycles. The second-order valence-electron chi connectivity index (χ2n) is 3.49. The van der Waals surface area contributed by atoms with Crippen molar-refractivity contribution in [2.24, 2.45) is 5.14 Å². The molecule has 90 valence electrons. The van der Waals surface area contributed by atoms with Crippen molar-refractivity contribution in [1.82, 2.24) is 5.32 Å². The lowest BCUT2D eigenvalue weighted by Crippen LogP contribution is -2.28. The number of benzene rings is 1. The Kier molecular flexibility index (Phi) is 5.21. The van der Waals surface area contributed by atoms with Gasteiger partial charge in [0.2, 0.25) is 10.0 Å². The largest absolute Gasteiger partial charge is 0.315 e. The van der Waals surface area contributed by atoms with Gasteiger partial charge in [-0.15, -0.1) is 0 Å². The van der Waals surface area contributed by atoms with Crippen LogP contribution < -0.4 is 10.5 Å². The minimum Gasteiger partial charge on any atom is -0.315 e. The number of primary sulfonamides is 1. The highest BCUT2D eigenvalue weighted by molar-refractivity contribution is 7.89. The van der Waals surface area contributed by atoms with Gasteiger partial charge in [-0.05, 0) is 30.7 Å². The summed E-state index contributed by atoms with van der Waals surface area (Å²) in [7, 11) is -3.35. The van der Waals surface area contributed by atoms with E-state index >= 15 is 0 Å². The predicted octanol–water partition coefficient (Wildman–Crippen LogP) is 0.761. The fraction of sp³-hybridized carbons (Fsp3) is 0.400. The maximum absolute atomic E-state index is 10.6. The number of halogens is 1. The molecule has 0 aromatic heterocycles. The van der Waals surface area contributed by atoms with Gasteiger partial charge < -0.3 is 5.32 Å². The van der Waals surface area contributed by atoms with Crippen molar-refractivity contribution in [2.45, 2.75) is 6.42 Å². The van der Waals surface area contributed by atoms with Crippen LogP contribution in [0.15, 0.2) is 24.3 Å². The Labute approximate surface area is 101 Å². The first-order valence-corrected chi connectivity index (χ1v) is 7.02. The van der Waals surface area contributed by atoms with E-state index in [1.165, 1.54) is 0 Å². The van der Waals surface area contributed by atoms with Crippen LogP contribution in [0.2, 0.25) is 5.02 Å². The summed E-state index contributed by atoms with van der Waals surface area (Å²) < 4.78 is 21.2. The van der Waals surface area contributed by atoms with E-state index in [9.17, 15) is 8.42 Å². The number of nitrogens with two attached hydrogens (primary N) is 1. The highest BCUT2D eigenvalue weighted by Gasteiger charge is 2.00. The molecular weight excluding hydrogens is 248 g/mol. The Morgan fingerprint density at radius 1 is 1.19 bits per heavy atom. The quantitative estimate of drug-likeness (QED) is 0.744. The van der Waals surface area contributed by atoms with E-state index in [1.807, 2.05) is 24.3 Å². The molecule has 0 aliphatic heterocycles. The number of nitrogens with one attached hydrogen (secondary N) is 1. The van der Waals surface area contributed by atoms with Crippen molar-refractivity contribution in [1.29, 1.82) is 0 Å². The number of sulfonamides is 1. The van der Waals surface area contributed by atoms with Crippen LogP contribution in [0.4, 0.5) is 0 Å². The maximum Gasteiger partial charge on any atom is 0.210 e. The van der Waals surface area contributed by atoms with Gasteiger partial charge >= 0.3 is 0 Å². The Bertz CT molecular complexity index is 417. The Hall–Kier alpha value is -0.620. The SMILES string of the molecule is NS(=O)(=O)CCNCCc1ccc(Cl)cc1. The van der Waals surface area contributed by atoms with Gasteiger partial charge in [0.25, 0.3) is 0 Å². The van der Waals surface area contributed by atoms with Crippen molar-refractivity contribution < 1.29 is 8.42 Å². The molecular formula is C10H15ClN2O2S. The predicted molar refractivity (Wildman–Crippen MR) is 66.0 cm³/mol.